The highest BCUT2D eigenvalue weighted by Gasteiger charge is 2.08. The van der Waals surface area contributed by atoms with Crippen molar-refractivity contribution in [3.8, 4) is 11.4 Å². The fourth-order valence-electron chi connectivity index (χ4n) is 1.98. The summed E-state index contributed by atoms with van der Waals surface area (Å²) in [6.45, 7) is 2.04. The molecule has 0 aliphatic carbocycles. The zero-order chi connectivity index (χ0) is 12.7. The van der Waals surface area contributed by atoms with Gasteiger partial charge in [-0.3, -0.25) is 0 Å². The maximum absolute atomic E-state index is 6.00. The summed E-state index contributed by atoms with van der Waals surface area (Å²) in [4.78, 5) is 7.87. The van der Waals surface area contributed by atoms with Gasteiger partial charge in [-0.15, -0.1) is 0 Å². The summed E-state index contributed by atoms with van der Waals surface area (Å²) in [6, 6.07) is 11.9. The number of fused-ring (bicyclic) bond motifs is 1. The van der Waals surface area contributed by atoms with E-state index in [1.807, 2.05) is 43.3 Å². The number of nitrogens with one attached hydrogen (secondary N) is 1. The summed E-state index contributed by atoms with van der Waals surface area (Å²) >= 11 is 3.45. The molecule has 0 bridgehead atoms. The van der Waals surface area contributed by atoms with Crippen molar-refractivity contribution in [2.45, 2.75) is 6.92 Å². The van der Waals surface area contributed by atoms with Gasteiger partial charge in [0.2, 0.25) is 0 Å². The Morgan fingerprint density at radius 2 is 2.00 bits per heavy atom. The van der Waals surface area contributed by atoms with Gasteiger partial charge in [0, 0.05) is 15.7 Å². The lowest BCUT2D eigenvalue weighted by molar-refractivity contribution is 1.32. The third kappa shape index (κ3) is 1.88. The number of anilines is 1. The highest BCUT2D eigenvalue weighted by Crippen LogP contribution is 2.27. The quantitative estimate of drug-likeness (QED) is 0.670. The average Bonchev–Trinajstić information content (AvgIpc) is 2.74. The Bertz CT molecular complexity index is 731. The zero-order valence-electron chi connectivity index (χ0n) is 9.87. The van der Waals surface area contributed by atoms with Gasteiger partial charge < -0.3 is 10.7 Å². The number of aromatic amines is 1. The van der Waals surface area contributed by atoms with E-state index in [1.54, 1.807) is 0 Å². The zero-order valence-corrected chi connectivity index (χ0v) is 11.5. The van der Waals surface area contributed by atoms with E-state index in [9.17, 15) is 0 Å². The van der Waals surface area contributed by atoms with Gasteiger partial charge in [-0.25, -0.2) is 4.98 Å². The van der Waals surface area contributed by atoms with Gasteiger partial charge >= 0.3 is 0 Å². The number of rotatable bonds is 1. The summed E-state index contributed by atoms with van der Waals surface area (Å²) < 4.78 is 1.03. The van der Waals surface area contributed by atoms with Gasteiger partial charge in [0.05, 0.1) is 11.0 Å². The molecule has 1 heterocycles. The number of benzene rings is 2. The van der Waals surface area contributed by atoms with Crippen molar-refractivity contribution < 1.29 is 0 Å². The molecule has 0 unspecified atom stereocenters. The number of imidazole rings is 1. The van der Waals surface area contributed by atoms with Crippen LogP contribution in [0.3, 0.4) is 0 Å². The van der Waals surface area contributed by atoms with Crippen molar-refractivity contribution >= 4 is 32.7 Å². The second-order valence-corrected chi connectivity index (χ2v) is 5.25. The minimum Gasteiger partial charge on any atom is -0.398 e. The van der Waals surface area contributed by atoms with Crippen LogP contribution in [0.5, 0.6) is 0 Å². The van der Waals surface area contributed by atoms with Crippen LogP contribution >= 0.6 is 15.9 Å². The first kappa shape index (κ1) is 11.3. The number of nitrogens with two attached hydrogens (primary N) is 1. The molecule has 0 saturated heterocycles. The molecule has 0 amide bonds. The number of nitrogen functional groups attached to an aromatic ring is 1. The fraction of sp³-hybridized carbons (Fsp3) is 0.0714. The maximum Gasteiger partial charge on any atom is 0.140 e. The topological polar surface area (TPSA) is 54.7 Å². The van der Waals surface area contributed by atoms with Crippen molar-refractivity contribution in [3.63, 3.8) is 0 Å². The van der Waals surface area contributed by atoms with Crippen LogP contribution in [0.4, 0.5) is 5.69 Å². The molecule has 2 aromatic carbocycles. The van der Waals surface area contributed by atoms with Crippen molar-refractivity contribution in [2.24, 2.45) is 0 Å². The summed E-state index contributed by atoms with van der Waals surface area (Å²) in [7, 11) is 0. The Morgan fingerprint density at radius 3 is 2.83 bits per heavy atom. The van der Waals surface area contributed by atoms with E-state index in [2.05, 4.69) is 25.9 Å². The van der Waals surface area contributed by atoms with E-state index in [-0.39, 0.29) is 0 Å². The molecule has 3 N–H and O–H groups in total. The van der Waals surface area contributed by atoms with Gasteiger partial charge in [-0.2, -0.15) is 0 Å². The van der Waals surface area contributed by atoms with E-state index in [1.165, 1.54) is 5.56 Å². The molecule has 0 spiro atoms. The summed E-state index contributed by atoms with van der Waals surface area (Å²) in [5.74, 6) is 0.810. The molecule has 90 valence electrons. The van der Waals surface area contributed by atoms with E-state index in [0.717, 1.165) is 32.6 Å². The minimum atomic E-state index is 0.735. The monoisotopic (exact) mass is 301 g/mol. The number of hydrogen-bond acceptors (Lipinski definition) is 2. The normalized spacial score (nSPS) is 11.0. The highest BCUT2D eigenvalue weighted by molar-refractivity contribution is 9.10. The number of aryl methyl sites for hydroxylation is 1. The minimum absolute atomic E-state index is 0.735. The Labute approximate surface area is 113 Å². The second kappa shape index (κ2) is 4.14. The van der Waals surface area contributed by atoms with Crippen LogP contribution in [0, 0.1) is 6.92 Å². The highest BCUT2D eigenvalue weighted by atomic mass is 79.9. The van der Waals surface area contributed by atoms with Crippen LogP contribution in [0.2, 0.25) is 0 Å². The third-order valence-corrected chi connectivity index (χ3v) is 3.40. The summed E-state index contributed by atoms with van der Waals surface area (Å²) in [5.41, 5.74) is 10.8. The molecule has 0 fully saturated rings. The molecule has 3 rings (SSSR count). The van der Waals surface area contributed by atoms with Crippen LogP contribution in [-0.4, -0.2) is 9.97 Å². The lowest BCUT2D eigenvalue weighted by Crippen LogP contribution is -1.91. The van der Waals surface area contributed by atoms with Crippen molar-refractivity contribution in [1.29, 1.82) is 0 Å². The molecule has 3 nitrogen and oxygen atoms in total. The second-order valence-electron chi connectivity index (χ2n) is 4.34. The summed E-state index contributed by atoms with van der Waals surface area (Å²) in [5, 5.41) is 0. The van der Waals surface area contributed by atoms with Crippen molar-refractivity contribution in [1.82, 2.24) is 9.97 Å². The van der Waals surface area contributed by atoms with E-state index < -0.39 is 0 Å². The largest absolute Gasteiger partial charge is 0.398 e. The number of nitrogens with zero attached hydrogens (tertiary/aromatic N) is 1. The standard InChI is InChI=1S/C14H12BrN3/c1-8-2-4-11(16)10(6-8)14-17-12-5-3-9(15)7-13(12)18-14/h2-7H,16H2,1H3,(H,17,18). The molecule has 18 heavy (non-hydrogen) atoms. The lowest BCUT2D eigenvalue weighted by Gasteiger charge is -2.03. The van der Waals surface area contributed by atoms with Crippen LogP contribution in [0.25, 0.3) is 22.4 Å². The van der Waals surface area contributed by atoms with Crippen molar-refractivity contribution in [3.05, 3.63) is 46.4 Å². The predicted octanol–water partition coefficient (Wildman–Crippen LogP) is 3.88. The Morgan fingerprint density at radius 1 is 1.17 bits per heavy atom. The third-order valence-electron chi connectivity index (χ3n) is 2.91. The average molecular weight is 302 g/mol. The molecular weight excluding hydrogens is 290 g/mol. The predicted molar refractivity (Wildman–Crippen MR) is 78.4 cm³/mol. The summed E-state index contributed by atoms with van der Waals surface area (Å²) in [6.07, 6.45) is 0. The number of aromatic nitrogens is 2. The van der Waals surface area contributed by atoms with Gasteiger partial charge in [0.1, 0.15) is 5.82 Å². The first-order valence-corrected chi connectivity index (χ1v) is 6.44. The van der Waals surface area contributed by atoms with E-state index >= 15 is 0 Å². The van der Waals surface area contributed by atoms with Crippen molar-refractivity contribution in [2.75, 3.05) is 5.73 Å². The molecule has 0 atom stereocenters. The number of H-pyrrole nitrogens is 1. The molecule has 4 heteroatoms. The Hall–Kier alpha value is -1.81. The molecule has 0 aliphatic heterocycles. The maximum atomic E-state index is 6.00. The molecule has 0 saturated carbocycles. The first-order chi connectivity index (χ1) is 8.63. The first-order valence-electron chi connectivity index (χ1n) is 5.65. The van der Waals surface area contributed by atoms with Gasteiger partial charge in [0.25, 0.3) is 0 Å². The van der Waals surface area contributed by atoms with Gasteiger partial charge in [0.15, 0.2) is 0 Å². The smallest absolute Gasteiger partial charge is 0.140 e. The van der Waals surface area contributed by atoms with Crippen LogP contribution < -0.4 is 5.73 Å². The van der Waals surface area contributed by atoms with E-state index in [0.29, 0.717) is 0 Å². The molecule has 1 aromatic heterocycles. The molecule has 3 aromatic rings. The van der Waals surface area contributed by atoms with Crippen LogP contribution in [-0.2, 0) is 0 Å². The SMILES string of the molecule is Cc1ccc(N)c(-c2nc3ccc(Br)cc3[nH]2)c1. The van der Waals surface area contributed by atoms with Crippen LogP contribution in [0.1, 0.15) is 5.56 Å². The van der Waals surface area contributed by atoms with Gasteiger partial charge in [-0.05, 0) is 37.3 Å². The lowest BCUT2D eigenvalue weighted by atomic mass is 10.1. The molecule has 0 aliphatic rings. The molecule has 0 radical (unpaired) electrons. The Kier molecular flexibility index (Phi) is 2.59. The molecular formula is C14H12BrN3. The fourth-order valence-corrected chi connectivity index (χ4v) is 2.35. The van der Waals surface area contributed by atoms with Gasteiger partial charge in [-0.1, -0.05) is 27.6 Å². The van der Waals surface area contributed by atoms with E-state index in [4.69, 9.17) is 5.73 Å². The van der Waals surface area contributed by atoms with Crippen LogP contribution in [0.15, 0.2) is 40.9 Å². The Balaban J connectivity index is 2.22. The number of halogens is 1. The number of hydrogen-bond donors (Lipinski definition) is 2.